The van der Waals surface area contributed by atoms with E-state index in [1.165, 1.54) is 11.3 Å². The number of furan rings is 1. The summed E-state index contributed by atoms with van der Waals surface area (Å²) in [6, 6.07) is 11.0. The van der Waals surface area contributed by atoms with E-state index >= 15 is 0 Å². The van der Waals surface area contributed by atoms with Crippen molar-refractivity contribution >= 4 is 22.2 Å². The predicted octanol–water partition coefficient (Wildman–Crippen LogP) is 2.20. The van der Waals surface area contributed by atoms with Crippen molar-refractivity contribution in [2.45, 2.75) is 19.4 Å². The smallest absolute Gasteiger partial charge is 0.296 e. The summed E-state index contributed by atoms with van der Waals surface area (Å²) in [5.74, 6) is 1.25. The van der Waals surface area contributed by atoms with Crippen LogP contribution in [0.4, 0.5) is 0 Å². The van der Waals surface area contributed by atoms with Crippen LogP contribution in [0.2, 0.25) is 0 Å². The molecule has 4 rings (SSSR count). The molecular weight excluding hydrogens is 392 g/mol. The fourth-order valence-electron chi connectivity index (χ4n) is 2.83. The number of benzene rings is 1. The lowest BCUT2D eigenvalue weighted by molar-refractivity contribution is -0.120. The number of fused-ring (bicyclic) bond motifs is 1. The van der Waals surface area contributed by atoms with Crippen LogP contribution in [-0.2, 0) is 24.2 Å². The van der Waals surface area contributed by atoms with E-state index in [-0.39, 0.29) is 17.9 Å². The van der Waals surface area contributed by atoms with E-state index in [0.717, 1.165) is 11.3 Å². The lowest BCUT2D eigenvalue weighted by atomic mass is 10.1. The van der Waals surface area contributed by atoms with Gasteiger partial charge in [-0.2, -0.15) is 10.1 Å². The van der Waals surface area contributed by atoms with Gasteiger partial charge in [0.2, 0.25) is 10.9 Å². The summed E-state index contributed by atoms with van der Waals surface area (Å²) in [4.78, 5) is 29.2. The van der Waals surface area contributed by atoms with Crippen molar-refractivity contribution in [1.29, 1.82) is 0 Å². The van der Waals surface area contributed by atoms with E-state index < -0.39 is 0 Å². The number of rotatable bonds is 7. The van der Waals surface area contributed by atoms with Gasteiger partial charge in [-0.15, -0.1) is 11.3 Å². The van der Waals surface area contributed by atoms with Crippen molar-refractivity contribution < 1.29 is 13.9 Å². The van der Waals surface area contributed by atoms with Crippen LogP contribution in [0.1, 0.15) is 22.7 Å². The predicted molar refractivity (Wildman–Crippen MR) is 107 cm³/mol. The molecule has 9 heteroatoms. The van der Waals surface area contributed by atoms with Gasteiger partial charge in [0.1, 0.15) is 17.2 Å². The van der Waals surface area contributed by atoms with Gasteiger partial charge in [-0.3, -0.25) is 9.59 Å². The van der Waals surface area contributed by atoms with Crippen molar-refractivity contribution in [3.8, 4) is 5.75 Å². The van der Waals surface area contributed by atoms with Crippen molar-refractivity contribution in [2.24, 2.45) is 0 Å². The molecule has 0 saturated heterocycles. The SMILES string of the molecule is COc1ccc(Cc2nn3c(CC(=O)NCc4ccco4)csc3nc2=O)cc1. The molecule has 0 fully saturated rings. The molecule has 3 heterocycles. The summed E-state index contributed by atoms with van der Waals surface area (Å²) in [5.41, 5.74) is 1.55. The second-order valence-electron chi connectivity index (χ2n) is 6.34. The van der Waals surface area contributed by atoms with Crippen LogP contribution < -0.4 is 15.6 Å². The molecule has 29 heavy (non-hydrogen) atoms. The first kappa shape index (κ1) is 18.9. The third-order valence-corrected chi connectivity index (χ3v) is 5.20. The minimum atomic E-state index is -0.364. The van der Waals surface area contributed by atoms with E-state index in [4.69, 9.17) is 9.15 Å². The Balaban J connectivity index is 1.52. The molecule has 8 nitrogen and oxygen atoms in total. The van der Waals surface area contributed by atoms with Crippen LogP contribution in [0.15, 0.2) is 57.3 Å². The zero-order valence-electron chi connectivity index (χ0n) is 15.6. The molecule has 0 saturated carbocycles. The van der Waals surface area contributed by atoms with Crippen molar-refractivity contribution in [3.05, 3.63) is 81.1 Å². The Morgan fingerprint density at radius 1 is 1.28 bits per heavy atom. The molecule has 0 bridgehead atoms. The molecule has 3 aromatic heterocycles. The van der Waals surface area contributed by atoms with Crippen molar-refractivity contribution in [2.75, 3.05) is 7.11 Å². The standard InChI is InChI=1S/C20H18N4O4S/c1-27-15-6-4-13(5-7-15)9-17-19(26)22-20-24(23-17)14(12-29-20)10-18(25)21-11-16-3-2-8-28-16/h2-8,12H,9-11H2,1H3,(H,21,25). The van der Waals surface area contributed by atoms with Gasteiger partial charge < -0.3 is 14.5 Å². The summed E-state index contributed by atoms with van der Waals surface area (Å²) in [6.07, 6.45) is 2.03. The van der Waals surface area contributed by atoms with Crippen LogP contribution in [0.3, 0.4) is 0 Å². The topological polar surface area (TPSA) is 98.7 Å². The highest BCUT2D eigenvalue weighted by molar-refractivity contribution is 7.15. The largest absolute Gasteiger partial charge is 0.497 e. The van der Waals surface area contributed by atoms with Crippen LogP contribution in [0.5, 0.6) is 5.75 Å². The number of carbonyl (C=O) groups is 1. The zero-order valence-corrected chi connectivity index (χ0v) is 16.4. The molecule has 0 spiro atoms. The first-order chi connectivity index (χ1) is 14.1. The number of hydrogen-bond donors (Lipinski definition) is 1. The van der Waals surface area contributed by atoms with Gasteiger partial charge in [0, 0.05) is 11.8 Å². The molecule has 0 aliphatic carbocycles. The third-order valence-electron chi connectivity index (χ3n) is 4.33. The van der Waals surface area contributed by atoms with Gasteiger partial charge in [0.15, 0.2) is 0 Å². The lowest BCUT2D eigenvalue weighted by Crippen LogP contribution is -2.25. The number of nitrogens with zero attached hydrogens (tertiary/aromatic N) is 3. The summed E-state index contributed by atoms with van der Waals surface area (Å²) in [5, 5.41) is 9.05. The van der Waals surface area contributed by atoms with Crippen LogP contribution in [0.25, 0.3) is 4.96 Å². The molecule has 0 radical (unpaired) electrons. The first-order valence-electron chi connectivity index (χ1n) is 8.91. The Kier molecular flexibility index (Phi) is 5.39. The van der Waals surface area contributed by atoms with Crippen LogP contribution in [0, 0.1) is 0 Å². The number of aromatic nitrogens is 3. The lowest BCUT2D eigenvalue weighted by Gasteiger charge is -2.05. The van der Waals surface area contributed by atoms with E-state index in [1.807, 2.05) is 24.3 Å². The fraction of sp³-hybridized carbons (Fsp3) is 0.200. The summed E-state index contributed by atoms with van der Waals surface area (Å²) < 4.78 is 11.9. The molecule has 1 amide bonds. The summed E-state index contributed by atoms with van der Waals surface area (Å²) in [7, 11) is 1.60. The van der Waals surface area contributed by atoms with Gasteiger partial charge in [0.25, 0.3) is 5.56 Å². The number of carbonyl (C=O) groups excluding carboxylic acids is 1. The van der Waals surface area contributed by atoms with Crippen LogP contribution in [-0.4, -0.2) is 27.6 Å². The number of ether oxygens (including phenoxy) is 1. The van der Waals surface area contributed by atoms with Crippen molar-refractivity contribution in [3.63, 3.8) is 0 Å². The van der Waals surface area contributed by atoms with Crippen molar-refractivity contribution in [1.82, 2.24) is 19.9 Å². The first-order valence-corrected chi connectivity index (χ1v) is 9.78. The molecule has 4 aromatic rings. The van der Waals surface area contributed by atoms with E-state index in [2.05, 4.69) is 15.4 Å². The maximum absolute atomic E-state index is 12.3. The molecule has 1 N–H and O–H groups in total. The van der Waals surface area contributed by atoms with E-state index in [0.29, 0.717) is 35.1 Å². The highest BCUT2D eigenvalue weighted by Gasteiger charge is 2.14. The Hall–Kier alpha value is -3.46. The summed E-state index contributed by atoms with van der Waals surface area (Å²) in [6.45, 7) is 0.317. The summed E-state index contributed by atoms with van der Waals surface area (Å²) >= 11 is 1.28. The minimum absolute atomic E-state index is 0.125. The van der Waals surface area contributed by atoms with E-state index in [9.17, 15) is 9.59 Å². The average molecular weight is 410 g/mol. The number of amides is 1. The third kappa shape index (κ3) is 4.35. The monoisotopic (exact) mass is 410 g/mol. The second-order valence-corrected chi connectivity index (χ2v) is 7.18. The van der Waals surface area contributed by atoms with Gasteiger partial charge in [-0.25, -0.2) is 4.52 Å². The molecular formula is C20H18N4O4S. The highest BCUT2D eigenvalue weighted by atomic mass is 32.1. The van der Waals surface area contributed by atoms with Gasteiger partial charge in [0.05, 0.1) is 32.0 Å². The highest BCUT2D eigenvalue weighted by Crippen LogP contribution is 2.15. The van der Waals surface area contributed by atoms with Gasteiger partial charge in [-0.1, -0.05) is 12.1 Å². The molecule has 0 unspecified atom stereocenters. The van der Waals surface area contributed by atoms with Gasteiger partial charge >= 0.3 is 0 Å². The zero-order chi connectivity index (χ0) is 20.2. The molecule has 0 aliphatic heterocycles. The number of methoxy groups -OCH3 is 1. The fourth-order valence-corrected chi connectivity index (χ4v) is 3.65. The maximum atomic E-state index is 12.3. The second kappa shape index (κ2) is 8.27. The molecule has 148 valence electrons. The number of thiazole rings is 1. The number of nitrogens with one attached hydrogen (secondary N) is 1. The quantitative estimate of drug-likeness (QED) is 0.502. The molecule has 0 aliphatic rings. The number of hydrogen-bond acceptors (Lipinski definition) is 7. The Labute approximate surface area is 169 Å². The average Bonchev–Trinajstić information content (AvgIpc) is 3.38. The van der Waals surface area contributed by atoms with Gasteiger partial charge in [-0.05, 0) is 29.8 Å². The minimum Gasteiger partial charge on any atom is -0.497 e. The van der Waals surface area contributed by atoms with Crippen LogP contribution >= 0.6 is 11.3 Å². The molecule has 0 atom stereocenters. The Bertz CT molecular complexity index is 1180. The maximum Gasteiger partial charge on any atom is 0.296 e. The Morgan fingerprint density at radius 3 is 2.83 bits per heavy atom. The molecule has 1 aromatic carbocycles. The normalized spacial score (nSPS) is 10.9. The van der Waals surface area contributed by atoms with E-state index in [1.54, 1.807) is 35.4 Å². The Morgan fingerprint density at radius 2 is 2.10 bits per heavy atom.